The lowest BCUT2D eigenvalue weighted by Gasteiger charge is -2.25. The Labute approximate surface area is 100 Å². The Morgan fingerprint density at radius 3 is 2.29 bits per heavy atom. The van der Waals surface area contributed by atoms with Crippen LogP contribution in [0.3, 0.4) is 0 Å². The lowest BCUT2D eigenvalue weighted by atomic mass is 10.2. The fourth-order valence-corrected chi connectivity index (χ4v) is 1.50. The van der Waals surface area contributed by atoms with Crippen LogP contribution in [0, 0.1) is 0 Å². The summed E-state index contributed by atoms with van der Waals surface area (Å²) in [5.74, 6) is -0.980. The standard InChI is InChI=1S/C11H18N2O4/c1-11(2,3)17-10(16)4-5-13-6-8(14)12-9(15)7-13/h4-7H2,1-3H3,(H,12,14,15). The monoisotopic (exact) mass is 242 g/mol. The van der Waals surface area contributed by atoms with Gasteiger partial charge < -0.3 is 4.74 Å². The van der Waals surface area contributed by atoms with Crippen molar-refractivity contribution in [2.24, 2.45) is 0 Å². The van der Waals surface area contributed by atoms with E-state index in [1.165, 1.54) is 0 Å². The van der Waals surface area contributed by atoms with Crippen molar-refractivity contribution in [1.82, 2.24) is 10.2 Å². The molecule has 17 heavy (non-hydrogen) atoms. The fraction of sp³-hybridized carbons (Fsp3) is 0.727. The molecule has 0 spiro atoms. The van der Waals surface area contributed by atoms with Crippen LogP contribution in [0.2, 0.25) is 0 Å². The van der Waals surface area contributed by atoms with Crippen molar-refractivity contribution in [2.45, 2.75) is 32.8 Å². The van der Waals surface area contributed by atoms with Gasteiger partial charge in [0.05, 0.1) is 19.5 Å². The molecule has 96 valence electrons. The summed E-state index contributed by atoms with van der Waals surface area (Å²) in [7, 11) is 0. The van der Waals surface area contributed by atoms with Gasteiger partial charge in [-0.1, -0.05) is 0 Å². The minimum atomic E-state index is -0.508. The molecule has 1 aliphatic rings. The molecule has 0 aromatic carbocycles. The highest BCUT2D eigenvalue weighted by Gasteiger charge is 2.23. The second-order valence-corrected chi connectivity index (χ2v) is 5.02. The molecule has 1 aliphatic heterocycles. The molecule has 0 aliphatic carbocycles. The molecule has 1 saturated heterocycles. The largest absolute Gasteiger partial charge is 0.460 e. The minimum absolute atomic E-state index is 0.147. The molecular formula is C11H18N2O4. The summed E-state index contributed by atoms with van der Waals surface area (Å²) < 4.78 is 5.13. The molecule has 1 N–H and O–H groups in total. The van der Waals surface area contributed by atoms with Gasteiger partial charge >= 0.3 is 5.97 Å². The van der Waals surface area contributed by atoms with Gasteiger partial charge in [0.2, 0.25) is 11.8 Å². The Morgan fingerprint density at radius 1 is 1.29 bits per heavy atom. The number of amides is 2. The lowest BCUT2D eigenvalue weighted by molar-refractivity contribution is -0.156. The van der Waals surface area contributed by atoms with Gasteiger partial charge in [-0.05, 0) is 20.8 Å². The first-order chi connectivity index (χ1) is 7.76. The summed E-state index contributed by atoms with van der Waals surface area (Å²) in [5.41, 5.74) is -0.508. The minimum Gasteiger partial charge on any atom is -0.460 e. The van der Waals surface area contributed by atoms with Gasteiger partial charge in [0.15, 0.2) is 0 Å². The number of carbonyl (C=O) groups is 3. The maximum atomic E-state index is 11.4. The Morgan fingerprint density at radius 2 is 1.82 bits per heavy atom. The summed E-state index contributed by atoms with van der Waals surface area (Å²) in [6, 6.07) is 0. The van der Waals surface area contributed by atoms with Gasteiger partial charge in [-0.3, -0.25) is 24.6 Å². The number of hydrogen-bond acceptors (Lipinski definition) is 5. The van der Waals surface area contributed by atoms with Gasteiger partial charge in [-0.2, -0.15) is 0 Å². The first kappa shape index (κ1) is 13.6. The van der Waals surface area contributed by atoms with E-state index in [9.17, 15) is 14.4 Å². The number of carbonyl (C=O) groups excluding carboxylic acids is 3. The smallest absolute Gasteiger partial charge is 0.307 e. The molecule has 0 unspecified atom stereocenters. The molecule has 0 atom stereocenters. The lowest BCUT2D eigenvalue weighted by Crippen LogP contribution is -2.51. The van der Waals surface area contributed by atoms with Crippen LogP contribution >= 0.6 is 0 Å². The third kappa shape index (κ3) is 5.44. The molecule has 0 bridgehead atoms. The van der Waals surface area contributed by atoms with Crippen LogP contribution in [-0.2, 0) is 19.1 Å². The van der Waals surface area contributed by atoms with Crippen molar-refractivity contribution in [3.8, 4) is 0 Å². The highest BCUT2D eigenvalue weighted by Crippen LogP contribution is 2.08. The van der Waals surface area contributed by atoms with E-state index in [2.05, 4.69) is 5.32 Å². The van der Waals surface area contributed by atoms with Gasteiger partial charge in [-0.25, -0.2) is 0 Å². The van der Waals surface area contributed by atoms with E-state index >= 15 is 0 Å². The molecular weight excluding hydrogens is 224 g/mol. The highest BCUT2D eigenvalue weighted by atomic mass is 16.6. The Bertz CT molecular complexity index is 317. The predicted octanol–water partition coefficient (Wildman–Crippen LogP) is -0.323. The zero-order valence-corrected chi connectivity index (χ0v) is 10.4. The molecule has 1 heterocycles. The summed E-state index contributed by atoms with van der Waals surface area (Å²) in [6.07, 6.45) is 0.178. The van der Waals surface area contributed by atoms with Crippen LogP contribution < -0.4 is 5.32 Å². The van der Waals surface area contributed by atoms with E-state index in [1.54, 1.807) is 25.7 Å². The van der Waals surface area contributed by atoms with Gasteiger partial charge in [0, 0.05) is 6.54 Å². The van der Waals surface area contributed by atoms with Crippen molar-refractivity contribution >= 4 is 17.8 Å². The molecule has 0 aromatic heterocycles. The normalized spacial score (nSPS) is 17.8. The number of piperazine rings is 1. The fourth-order valence-electron chi connectivity index (χ4n) is 1.50. The number of imide groups is 1. The van der Waals surface area contributed by atoms with E-state index in [1.807, 2.05) is 0 Å². The van der Waals surface area contributed by atoms with E-state index in [0.717, 1.165) is 0 Å². The molecule has 0 aromatic rings. The third-order valence-electron chi connectivity index (χ3n) is 2.07. The number of hydrogen-bond donors (Lipinski definition) is 1. The Hall–Kier alpha value is -1.43. The molecule has 1 fully saturated rings. The van der Waals surface area contributed by atoms with Crippen LogP contribution in [0.1, 0.15) is 27.2 Å². The first-order valence-electron chi connectivity index (χ1n) is 5.53. The molecule has 0 saturated carbocycles. The Kier molecular flexibility index (Phi) is 4.22. The topological polar surface area (TPSA) is 75.7 Å². The van der Waals surface area contributed by atoms with E-state index in [4.69, 9.17) is 4.74 Å². The summed E-state index contributed by atoms with van der Waals surface area (Å²) in [6.45, 7) is 6.03. The van der Waals surface area contributed by atoms with Crippen LogP contribution in [0.15, 0.2) is 0 Å². The second kappa shape index (κ2) is 5.27. The maximum Gasteiger partial charge on any atom is 0.307 e. The van der Waals surface area contributed by atoms with Crippen LogP contribution in [0.4, 0.5) is 0 Å². The maximum absolute atomic E-state index is 11.4. The number of nitrogens with one attached hydrogen (secondary N) is 1. The van der Waals surface area contributed by atoms with Crippen molar-refractivity contribution < 1.29 is 19.1 Å². The van der Waals surface area contributed by atoms with Gasteiger partial charge in [0.25, 0.3) is 0 Å². The predicted molar refractivity (Wildman–Crippen MR) is 60.1 cm³/mol. The summed E-state index contributed by atoms with van der Waals surface area (Å²) in [5, 5.41) is 2.20. The molecule has 2 amide bonds. The second-order valence-electron chi connectivity index (χ2n) is 5.02. The third-order valence-corrected chi connectivity index (χ3v) is 2.07. The van der Waals surface area contributed by atoms with E-state index in [0.29, 0.717) is 6.54 Å². The number of nitrogens with zero attached hydrogens (tertiary/aromatic N) is 1. The van der Waals surface area contributed by atoms with Crippen molar-refractivity contribution in [3.63, 3.8) is 0 Å². The molecule has 6 nitrogen and oxygen atoms in total. The molecule has 6 heteroatoms. The van der Waals surface area contributed by atoms with Crippen LogP contribution in [-0.4, -0.2) is 47.9 Å². The van der Waals surface area contributed by atoms with Crippen molar-refractivity contribution in [3.05, 3.63) is 0 Å². The first-order valence-corrected chi connectivity index (χ1v) is 5.53. The number of rotatable bonds is 3. The average Bonchev–Trinajstić information content (AvgIpc) is 2.10. The van der Waals surface area contributed by atoms with E-state index in [-0.39, 0.29) is 37.3 Å². The van der Waals surface area contributed by atoms with Crippen LogP contribution in [0.5, 0.6) is 0 Å². The SMILES string of the molecule is CC(C)(C)OC(=O)CCN1CC(=O)NC(=O)C1. The number of esters is 1. The van der Waals surface area contributed by atoms with Crippen molar-refractivity contribution in [1.29, 1.82) is 0 Å². The quantitative estimate of drug-likeness (QED) is 0.542. The van der Waals surface area contributed by atoms with Gasteiger partial charge in [0.1, 0.15) is 5.60 Å². The number of ether oxygens (including phenoxy) is 1. The Balaban J connectivity index is 2.33. The van der Waals surface area contributed by atoms with Crippen LogP contribution in [0.25, 0.3) is 0 Å². The summed E-state index contributed by atoms with van der Waals surface area (Å²) >= 11 is 0. The highest BCUT2D eigenvalue weighted by molar-refractivity contribution is 5.99. The van der Waals surface area contributed by atoms with E-state index < -0.39 is 5.60 Å². The molecule has 1 rings (SSSR count). The van der Waals surface area contributed by atoms with Crippen molar-refractivity contribution in [2.75, 3.05) is 19.6 Å². The van der Waals surface area contributed by atoms with Gasteiger partial charge in [-0.15, -0.1) is 0 Å². The average molecular weight is 242 g/mol. The summed E-state index contributed by atoms with van der Waals surface area (Å²) in [4.78, 5) is 35.2. The molecule has 0 radical (unpaired) electrons. The zero-order chi connectivity index (χ0) is 13.1. The zero-order valence-electron chi connectivity index (χ0n) is 10.4.